The molecule has 1 amide bonds. The number of anilines is 1. The zero-order valence-corrected chi connectivity index (χ0v) is 16.8. The zero-order valence-electron chi connectivity index (χ0n) is 16.8. The highest BCUT2D eigenvalue weighted by Crippen LogP contribution is 2.30. The Morgan fingerprint density at radius 1 is 1.04 bits per heavy atom. The Morgan fingerprint density at radius 2 is 1.68 bits per heavy atom. The molecule has 1 N–H and O–H groups in total. The van der Waals surface area contributed by atoms with Gasteiger partial charge in [-0.3, -0.25) is 4.79 Å². The Bertz CT molecular complexity index is 1050. The fraction of sp³-hybridized carbons (Fsp3) is 0.304. The number of hydrogen-bond acceptors (Lipinski definition) is 2. The van der Waals surface area contributed by atoms with Gasteiger partial charge in [-0.2, -0.15) is 0 Å². The molecule has 3 aromatic rings. The van der Waals surface area contributed by atoms with Gasteiger partial charge in [0.1, 0.15) is 11.3 Å². The van der Waals surface area contributed by atoms with Gasteiger partial charge in [-0.15, -0.1) is 0 Å². The number of rotatable bonds is 3. The quantitative estimate of drug-likeness (QED) is 0.588. The van der Waals surface area contributed by atoms with Crippen LogP contribution in [0.3, 0.4) is 0 Å². The van der Waals surface area contributed by atoms with Gasteiger partial charge in [0.15, 0.2) is 5.82 Å². The molecule has 3 rings (SSSR count). The van der Waals surface area contributed by atoms with Crippen molar-refractivity contribution in [3.8, 4) is 11.3 Å². The third-order valence-electron chi connectivity index (χ3n) is 4.49. The van der Waals surface area contributed by atoms with Crippen molar-refractivity contribution in [1.82, 2.24) is 4.98 Å². The lowest BCUT2D eigenvalue weighted by molar-refractivity contribution is -0.117. The second-order valence-corrected chi connectivity index (χ2v) is 8.43. The molecule has 1 heterocycles. The first kappa shape index (κ1) is 19.9. The van der Waals surface area contributed by atoms with Gasteiger partial charge in [0, 0.05) is 29.1 Å². The maximum absolute atomic E-state index is 14.1. The molecule has 2 aromatic carbocycles. The monoisotopic (exact) mass is 382 g/mol. The Balaban J connectivity index is 1.96. The molecular formula is C23H24F2N2O. The number of pyridine rings is 1. The molecule has 1 aromatic heterocycles. The van der Waals surface area contributed by atoms with Gasteiger partial charge in [-0.05, 0) is 54.7 Å². The van der Waals surface area contributed by atoms with Crippen molar-refractivity contribution < 1.29 is 13.6 Å². The van der Waals surface area contributed by atoms with Crippen molar-refractivity contribution in [2.75, 3.05) is 5.32 Å². The number of halogens is 2. The average molecular weight is 382 g/mol. The van der Waals surface area contributed by atoms with Crippen molar-refractivity contribution in [3.63, 3.8) is 0 Å². The molecule has 0 atom stereocenters. The molecule has 0 saturated carbocycles. The lowest BCUT2D eigenvalue weighted by Crippen LogP contribution is -2.20. The highest BCUT2D eigenvalue weighted by atomic mass is 19.1. The van der Waals surface area contributed by atoms with E-state index in [1.807, 2.05) is 46.8 Å². The van der Waals surface area contributed by atoms with Crippen LogP contribution in [0.1, 0.15) is 38.3 Å². The molecule has 0 aliphatic heterocycles. The number of amides is 1. The molecule has 0 aliphatic carbocycles. The number of nitrogens with zero attached hydrogens (tertiary/aromatic N) is 1. The summed E-state index contributed by atoms with van der Waals surface area (Å²) in [6, 6.07) is 9.33. The summed E-state index contributed by atoms with van der Waals surface area (Å²) in [5.74, 6) is -1.34. The molecule has 146 valence electrons. The van der Waals surface area contributed by atoms with E-state index in [4.69, 9.17) is 0 Å². The van der Waals surface area contributed by atoms with Crippen molar-refractivity contribution in [3.05, 3.63) is 59.2 Å². The third-order valence-corrected chi connectivity index (χ3v) is 4.49. The lowest BCUT2D eigenvalue weighted by atomic mass is 9.91. The van der Waals surface area contributed by atoms with Crippen LogP contribution in [0.15, 0.2) is 36.4 Å². The van der Waals surface area contributed by atoms with Gasteiger partial charge in [0.05, 0.1) is 5.69 Å². The van der Waals surface area contributed by atoms with Crippen molar-refractivity contribution in [1.29, 1.82) is 0 Å². The predicted molar refractivity (Wildman–Crippen MR) is 109 cm³/mol. The molecule has 0 unspecified atom stereocenters. The maximum atomic E-state index is 14.1. The topological polar surface area (TPSA) is 42.0 Å². The first-order valence-corrected chi connectivity index (χ1v) is 9.21. The first-order chi connectivity index (χ1) is 13.0. The van der Waals surface area contributed by atoms with Gasteiger partial charge in [0.2, 0.25) is 5.91 Å². The Hall–Kier alpha value is -2.82. The third kappa shape index (κ3) is 4.35. The molecular weight excluding hydrogens is 358 g/mol. The van der Waals surface area contributed by atoms with Crippen molar-refractivity contribution in [2.45, 2.75) is 41.0 Å². The van der Waals surface area contributed by atoms with Crippen LogP contribution in [0, 0.1) is 30.9 Å². The van der Waals surface area contributed by atoms with Crippen LogP contribution >= 0.6 is 0 Å². The number of aromatic nitrogens is 1. The molecule has 0 saturated heterocycles. The minimum atomic E-state index is -0.684. The van der Waals surface area contributed by atoms with E-state index in [1.165, 1.54) is 6.07 Å². The van der Waals surface area contributed by atoms with Gasteiger partial charge < -0.3 is 5.32 Å². The fourth-order valence-corrected chi connectivity index (χ4v) is 3.29. The van der Waals surface area contributed by atoms with E-state index in [1.54, 1.807) is 12.1 Å². The molecule has 0 bridgehead atoms. The number of carbonyl (C=O) groups is 1. The van der Waals surface area contributed by atoms with E-state index in [9.17, 15) is 13.6 Å². The summed E-state index contributed by atoms with van der Waals surface area (Å²) in [5.41, 5.74) is 4.04. The molecule has 0 radical (unpaired) electrons. The number of fused-ring (bicyclic) bond motifs is 1. The molecule has 5 heteroatoms. The smallest absolute Gasteiger partial charge is 0.224 e. The molecule has 0 spiro atoms. The summed E-state index contributed by atoms with van der Waals surface area (Å²) >= 11 is 0. The van der Waals surface area contributed by atoms with Gasteiger partial charge in [-0.1, -0.05) is 26.8 Å². The van der Waals surface area contributed by atoms with Crippen LogP contribution < -0.4 is 5.32 Å². The largest absolute Gasteiger partial charge is 0.326 e. The van der Waals surface area contributed by atoms with Gasteiger partial charge >= 0.3 is 0 Å². The average Bonchev–Trinajstić information content (AvgIpc) is 2.56. The first-order valence-electron chi connectivity index (χ1n) is 9.21. The molecule has 28 heavy (non-hydrogen) atoms. The summed E-state index contributed by atoms with van der Waals surface area (Å²) in [4.78, 5) is 16.7. The van der Waals surface area contributed by atoms with Crippen molar-refractivity contribution in [2.24, 2.45) is 5.41 Å². The van der Waals surface area contributed by atoms with E-state index >= 15 is 0 Å². The van der Waals surface area contributed by atoms with Crippen LogP contribution in [0.5, 0.6) is 0 Å². The second kappa shape index (κ2) is 7.30. The Labute approximate surface area is 163 Å². The lowest BCUT2D eigenvalue weighted by Gasteiger charge is -2.19. The number of aryl methyl sites for hydroxylation is 2. The van der Waals surface area contributed by atoms with E-state index in [0.29, 0.717) is 17.5 Å². The molecule has 0 fully saturated rings. The van der Waals surface area contributed by atoms with Crippen LogP contribution in [0.2, 0.25) is 0 Å². The fourth-order valence-electron chi connectivity index (χ4n) is 3.29. The summed E-state index contributed by atoms with van der Waals surface area (Å²) in [6.45, 7) is 9.89. The van der Waals surface area contributed by atoms with Crippen LogP contribution in [-0.2, 0) is 4.79 Å². The predicted octanol–water partition coefficient (Wildman–Crippen LogP) is 6.17. The molecule has 0 aliphatic rings. The van der Waals surface area contributed by atoms with Crippen LogP contribution in [0.25, 0.3) is 22.2 Å². The Morgan fingerprint density at radius 3 is 2.29 bits per heavy atom. The van der Waals surface area contributed by atoms with Crippen molar-refractivity contribution >= 4 is 22.5 Å². The zero-order chi connectivity index (χ0) is 20.6. The number of hydrogen-bond donors (Lipinski definition) is 1. The highest BCUT2D eigenvalue weighted by Gasteiger charge is 2.18. The summed E-state index contributed by atoms with van der Waals surface area (Å²) in [6.07, 6.45) is 0.426. The van der Waals surface area contributed by atoms with E-state index in [0.717, 1.165) is 28.4 Å². The summed E-state index contributed by atoms with van der Waals surface area (Å²) in [5, 5.41) is 3.42. The van der Waals surface area contributed by atoms with E-state index in [-0.39, 0.29) is 16.8 Å². The standard InChI is InChI=1S/C23H24F2N2O/c1-13-8-16(9-14(2)21(13)27-20(28)12-23(3,4)5)19-7-6-15-10-17(24)11-18(25)22(15)26-19/h6-11H,12H2,1-5H3,(H,27,28). The highest BCUT2D eigenvalue weighted by molar-refractivity contribution is 5.93. The number of carbonyl (C=O) groups excluding carboxylic acids is 1. The minimum absolute atomic E-state index is 0.0284. The number of benzene rings is 2. The van der Waals surface area contributed by atoms with E-state index < -0.39 is 11.6 Å². The maximum Gasteiger partial charge on any atom is 0.224 e. The summed E-state index contributed by atoms with van der Waals surface area (Å²) in [7, 11) is 0. The van der Waals surface area contributed by atoms with Gasteiger partial charge in [0.25, 0.3) is 0 Å². The Kier molecular flexibility index (Phi) is 5.20. The van der Waals surface area contributed by atoms with E-state index in [2.05, 4.69) is 10.3 Å². The van der Waals surface area contributed by atoms with Gasteiger partial charge in [-0.25, -0.2) is 13.8 Å². The normalized spacial score (nSPS) is 11.7. The summed E-state index contributed by atoms with van der Waals surface area (Å²) < 4.78 is 27.5. The minimum Gasteiger partial charge on any atom is -0.326 e. The SMILES string of the molecule is Cc1cc(-c2ccc3cc(F)cc(F)c3n2)cc(C)c1NC(=O)CC(C)(C)C. The molecule has 3 nitrogen and oxygen atoms in total. The second-order valence-electron chi connectivity index (χ2n) is 8.43. The van der Waals surface area contributed by atoms with Crippen LogP contribution in [0.4, 0.5) is 14.5 Å². The number of nitrogens with one attached hydrogen (secondary N) is 1. The van der Waals surface area contributed by atoms with Crippen LogP contribution in [-0.4, -0.2) is 10.9 Å².